The number of benzene rings is 2. The molecule has 0 atom stereocenters. The van der Waals surface area contributed by atoms with Crippen LogP contribution in [0.2, 0.25) is 0 Å². The average molecular weight is 486 g/mol. The third-order valence-electron chi connectivity index (χ3n) is 4.16. The maximum Gasteiger partial charge on any atom is 0.282 e. The largest absolute Gasteiger partial charge is 0.316 e. The molecule has 0 amide bonds. The van der Waals surface area contributed by atoms with Crippen molar-refractivity contribution in [2.45, 2.75) is 6.92 Å². The Labute approximate surface area is 172 Å². The summed E-state index contributed by atoms with van der Waals surface area (Å²) in [5.74, 6) is 0.535. The van der Waals surface area contributed by atoms with Gasteiger partial charge in [-0.1, -0.05) is 31.9 Å². The van der Waals surface area contributed by atoms with E-state index in [4.69, 9.17) is 0 Å². The quantitative estimate of drug-likeness (QED) is 0.387. The predicted molar refractivity (Wildman–Crippen MR) is 115 cm³/mol. The molecule has 0 aliphatic rings. The third kappa shape index (κ3) is 3.52. The topological polar surface area (TPSA) is 52.2 Å². The number of fused-ring (bicyclic) bond motifs is 1. The van der Waals surface area contributed by atoms with Gasteiger partial charge in [0.15, 0.2) is 0 Å². The number of halogens is 2. The van der Waals surface area contributed by atoms with Gasteiger partial charge < -0.3 is 4.57 Å². The first kappa shape index (κ1) is 17.9. The second-order valence-electron chi connectivity index (χ2n) is 5.96. The Balaban J connectivity index is 1.77. The standard InChI is InChI=1S/C20H14Br2N4O/c1-13-24-19-9-6-15(22)11-18(19)20(27)26(13)23-12-17-3-2-10-25(17)16-7-4-14(21)5-8-16/h2-12H,1H3. The van der Waals surface area contributed by atoms with Crippen LogP contribution in [0.5, 0.6) is 0 Å². The van der Waals surface area contributed by atoms with Gasteiger partial charge in [0.25, 0.3) is 5.56 Å². The number of hydrogen-bond acceptors (Lipinski definition) is 3. The van der Waals surface area contributed by atoms with Gasteiger partial charge in [0.2, 0.25) is 0 Å². The molecule has 0 radical (unpaired) electrons. The van der Waals surface area contributed by atoms with E-state index < -0.39 is 0 Å². The minimum absolute atomic E-state index is 0.197. The zero-order valence-corrected chi connectivity index (χ0v) is 17.5. The Kier molecular flexibility index (Phi) is 4.80. The summed E-state index contributed by atoms with van der Waals surface area (Å²) in [5.41, 5.74) is 2.33. The molecular weight excluding hydrogens is 472 g/mol. The van der Waals surface area contributed by atoms with E-state index in [0.29, 0.717) is 16.7 Å². The molecule has 2 heterocycles. The minimum atomic E-state index is -0.197. The van der Waals surface area contributed by atoms with Crippen LogP contribution in [0.15, 0.2) is 79.6 Å². The highest BCUT2D eigenvalue weighted by atomic mass is 79.9. The first-order valence-electron chi connectivity index (χ1n) is 8.19. The van der Waals surface area contributed by atoms with Gasteiger partial charge in [-0.15, -0.1) is 0 Å². The number of hydrogen-bond donors (Lipinski definition) is 0. The van der Waals surface area contributed by atoms with Gasteiger partial charge in [0.05, 0.1) is 22.8 Å². The fourth-order valence-electron chi connectivity index (χ4n) is 2.85. The zero-order chi connectivity index (χ0) is 19.0. The fourth-order valence-corrected chi connectivity index (χ4v) is 3.47. The van der Waals surface area contributed by atoms with Crippen molar-refractivity contribution in [2.75, 3.05) is 0 Å². The number of rotatable bonds is 3. The molecular formula is C20H14Br2N4O. The maximum absolute atomic E-state index is 12.8. The van der Waals surface area contributed by atoms with E-state index in [1.165, 1.54) is 4.68 Å². The molecule has 134 valence electrons. The second-order valence-corrected chi connectivity index (χ2v) is 7.79. The Morgan fingerprint density at radius 1 is 1.04 bits per heavy atom. The number of aromatic nitrogens is 3. The van der Waals surface area contributed by atoms with Crippen molar-refractivity contribution in [2.24, 2.45) is 5.10 Å². The Morgan fingerprint density at radius 3 is 2.56 bits per heavy atom. The zero-order valence-electron chi connectivity index (χ0n) is 14.3. The maximum atomic E-state index is 12.8. The van der Waals surface area contributed by atoms with Crippen molar-refractivity contribution in [1.29, 1.82) is 0 Å². The Morgan fingerprint density at radius 2 is 1.78 bits per heavy atom. The number of aryl methyl sites for hydroxylation is 1. The summed E-state index contributed by atoms with van der Waals surface area (Å²) >= 11 is 6.84. The molecule has 27 heavy (non-hydrogen) atoms. The first-order chi connectivity index (χ1) is 13.0. The molecule has 0 saturated carbocycles. The summed E-state index contributed by atoms with van der Waals surface area (Å²) in [6.45, 7) is 1.77. The van der Waals surface area contributed by atoms with E-state index in [1.807, 2.05) is 59.3 Å². The summed E-state index contributed by atoms with van der Waals surface area (Å²) < 4.78 is 5.18. The number of nitrogens with zero attached hydrogens (tertiary/aromatic N) is 4. The lowest BCUT2D eigenvalue weighted by Gasteiger charge is -2.08. The van der Waals surface area contributed by atoms with Crippen LogP contribution in [-0.4, -0.2) is 20.4 Å². The van der Waals surface area contributed by atoms with Gasteiger partial charge in [-0.05, 0) is 61.5 Å². The van der Waals surface area contributed by atoms with Gasteiger partial charge in [-0.2, -0.15) is 9.78 Å². The lowest BCUT2D eigenvalue weighted by atomic mass is 10.2. The molecule has 7 heteroatoms. The highest BCUT2D eigenvalue weighted by molar-refractivity contribution is 9.10. The van der Waals surface area contributed by atoms with E-state index >= 15 is 0 Å². The van der Waals surface area contributed by atoms with Gasteiger partial charge in [-0.25, -0.2) is 4.98 Å². The average Bonchev–Trinajstić information content (AvgIpc) is 3.11. The first-order valence-corrected chi connectivity index (χ1v) is 9.78. The molecule has 0 aliphatic heterocycles. The third-order valence-corrected chi connectivity index (χ3v) is 5.18. The predicted octanol–water partition coefficient (Wildman–Crippen LogP) is 4.90. The van der Waals surface area contributed by atoms with Crippen LogP contribution < -0.4 is 5.56 Å². The van der Waals surface area contributed by atoms with Crippen LogP contribution in [0.25, 0.3) is 16.6 Å². The van der Waals surface area contributed by atoms with E-state index in [-0.39, 0.29) is 5.56 Å². The van der Waals surface area contributed by atoms with Crippen LogP contribution in [-0.2, 0) is 0 Å². The van der Waals surface area contributed by atoms with Crippen molar-refractivity contribution in [3.05, 3.63) is 91.6 Å². The second kappa shape index (κ2) is 7.25. The molecule has 5 nitrogen and oxygen atoms in total. The summed E-state index contributed by atoms with van der Waals surface area (Å²) in [4.78, 5) is 17.3. The van der Waals surface area contributed by atoms with E-state index in [9.17, 15) is 4.79 Å². The molecule has 0 unspecified atom stereocenters. The van der Waals surface area contributed by atoms with Gasteiger partial charge in [0, 0.05) is 20.8 Å². The van der Waals surface area contributed by atoms with E-state index in [0.717, 1.165) is 20.3 Å². The summed E-state index contributed by atoms with van der Waals surface area (Å²) in [6, 6.07) is 17.3. The van der Waals surface area contributed by atoms with Crippen molar-refractivity contribution in [3.8, 4) is 5.69 Å². The van der Waals surface area contributed by atoms with Gasteiger partial charge in [-0.3, -0.25) is 4.79 Å². The monoisotopic (exact) mass is 484 g/mol. The van der Waals surface area contributed by atoms with Crippen LogP contribution in [0.3, 0.4) is 0 Å². The van der Waals surface area contributed by atoms with Crippen LogP contribution in [0, 0.1) is 6.92 Å². The molecule has 0 aliphatic carbocycles. The lowest BCUT2D eigenvalue weighted by molar-refractivity contribution is 0.769. The molecule has 0 saturated heterocycles. The molecule has 0 bridgehead atoms. The van der Waals surface area contributed by atoms with Crippen LogP contribution in [0.4, 0.5) is 0 Å². The highest BCUT2D eigenvalue weighted by Gasteiger charge is 2.08. The normalized spacial score (nSPS) is 11.5. The van der Waals surface area contributed by atoms with Crippen molar-refractivity contribution < 1.29 is 0 Å². The molecule has 0 spiro atoms. The molecule has 4 aromatic rings. The van der Waals surface area contributed by atoms with E-state index in [2.05, 4.69) is 41.9 Å². The molecule has 2 aromatic carbocycles. The highest BCUT2D eigenvalue weighted by Crippen LogP contribution is 2.17. The van der Waals surface area contributed by atoms with Gasteiger partial charge in [0.1, 0.15) is 5.82 Å². The van der Waals surface area contributed by atoms with Crippen molar-refractivity contribution in [1.82, 2.24) is 14.2 Å². The molecule has 0 fully saturated rings. The molecule has 0 N–H and O–H groups in total. The van der Waals surface area contributed by atoms with Crippen LogP contribution in [0.1, 0.15) is 11.5 Å². The smallest absolute Gasteiger partial charge is 0.282 e. The van der Waals surface area contributed by atoms with Crippen molar-refractivity contribution >= 4 is 49.0 Å². The van der Waals surface area contributed by atoms with E-state index in [1.54, 1.807) is 19.2 Å². The Hall–Kier alpha value is -2.51. The summed E-state index contributed by atoms with van der Waals surface area (Å²) in [5, 5.41) is 4.93. The fraction of sp³-hybridized carbons (Fsp3) is 0.0500. The SMILES string of the molecule is Cc1nc2ccc(Br)cc2c(=O)n1N=Cc1cccn1-c1ccc(Br)cc1. The minimum Gasteiger partial charge on any atom is -0.316 e. The summed E-state index contributed by atoms with van der Waals surface area (Å²) in [7, 11) is 0. The Bertz CT molecular complexity index is 1220. The van der Waals surface area contributed by atoms with Crippen molar-refractivity contribution in [3.63, 3.8) is 0 Å². The molecule has 4 rings (SSSR count). The summed E-state index contributed by atoms with van der Waals surface area (Å²) in [6.07, 6.45) is 3.62. The van der Waals surface area contributed by atoms with Gasteiger partial charge >= 0.3 is 0 Å². The molecule has 2 aromatic heterocycles. The van der Waals surface area contributed by atoms with Crippen LogP contribution >= 0.6 is 31.9 Å². The lowest BCUT2D eigenvalue weighted by Crippen LogP contribution is -2.20.